The molecule has 0 atom stereocenters. The van der Waals surface area contributed by atoms with Gasteiger partial charge in [-0.15, -0.1) is 15.3 Å². The monoisotopic (exact) mass is 319 g/mol. The number of aryl methyl sites for hydroxylation is 1. The lowest BCUT2D eigenvalue weighted by Crippen LogP contribution is -2.05. The van der Waals surface area contributed by atoms with Crippen LogP contribution in [0.25, 0.3) is 17.0 Å². The van der Waals surface area contributed by atoms with Gasteiger partial charge in [0.2, 0.25) is 0 Å². The second kappa shape index (κ2) is 5.77. The Bertz CT molecular complexity index is 985. The highest BCUT2D eigenvalue weighted by molar-refractivity contribution is 5.59. The fourth-order valence-corrected chi connectivity index (χ4v) is 2.55. The van der Waals surface area contributed by atoms with Gasteiger partial charge in [-0.2, -0.15) is 9.61 Å². The Morgan fingerprint density at radius 2 is 1.88 bits per heavy atom. The minimum atomic E-state index is 0.668. The zero-order valence-electron chi connectivity index (χ0n) is 13.5. The van der Waals surface area contributed by atoms with Crippen LogP contribution in [0.15, 0.2) is 48.7 Å². The fraction of sp³-hybridized carbons (Fsp3) is 0.176. The third-order valence-electron chi connectivity index (χ3n) is 4.09. The van der Waals surface area contributed by atoms with E-state index in [2.05, 4.69) is 25.7 Å². The Morgan fingerprint density at radius 1 is 1.04 bits per heavy atom. The molecule has 0 aliphatic heterocycles. The number of rotatable bonds is 4. The lowest BCUT2D eigenvalue weighted by Gasteiger charge is -2.06. The molecule has 0 radical (unpaired) electrons. The Hall–Kier alpha value is -3.22. The summed E-state index contributed by atoms with van der Waals surface area (Å²) in [4.78, 5) is 0. The molecule has 7 nitrogen and oxygen atoms in total. The first-order valence-corrected chi connectivity index (χ1v) is 7.71. The van der Waals surface area contributed by atoms with Crippen molar-refractivity contribution in [1.29, 1.82) is 0 Å². The molecule has 3 aromatic heterocycles. The van der Waals surface area contributed by atoms with Crippen molar-refractivity contribution in [2.45, 2.75) is 13.5 Å². The number of aromatic nitrogens is 6. The molecule has 4 aromatic rings. The van der Waals surface area contributed by atoms with E-state index in [0.29, 0.717) is 6.54 Å². The summed E-state index contributed by atoms with van der Waals surface area (Å²) in [5.74, 6) is 1.49. The van der Waals surface area contributed by atoms with Crippen molar-refractivity contribution in [3.05, 3.63) is 59.9 Å². The number of hydrogen-bond donors (Lipinski definition) is 1. The third kappa shape index (κ3) is 2.50. The van der Waals surface area contributed by atoms with E-state index in [1.54, 1.807) is 4.52 Å². The molecule has 0 saturated carbocycles. The normalized spacial score (nSPS) is 11.1. The summed E-state index contributed by atoms with van der Waals surface area (Å²) in [6.07, 6.45) is 1.87. The van der Waals surface area contributed by atoms with Crippen LogP contribution in [0.5, 0.6) is 0 Å². The molecule has 24 heavy (non-hydrogen) atoms. The average Bonchev–Trinajstić information content (AvgIpc) is 3.18. The summed E-state index contributed by atoms with van der Waals surface area (Å²) in [5, 5.41) is 20.6. The van der Waals surface area contributed by atoms with Crippen molar-refractivity contribution in [3.8, 4) is 11.4 Å². The molecular weight excluding hydrogens is 302 g/mol. The minimum absolute atomic E-state index is 0.668. The van der Waals surface area contributed by atoms with Crippen LogP contribution in [0.4, 0.5) is 5.82 Å². The summed E-state index contributed by atoms with van der Waals surface area (Å²) >= 11 is 0. The molecule has 0 unspecified atom stereocenters. The first-order valence-electron chi connectivity index (χ1n) is 7.71. The number of anilines is 1. The lowest BCUT2D eigenvalue weighted by atomic mass is 10.2. The minimum Gasteiger partial charge on any atom is -0.364 e. The number of nitrogens with one attached hydrogen (secondary N) is 1. The second-order valence-corrected chi connectivity index (χ2v) is 5.61. The molecule has 7 heteroatoms. The first kappa shape index (κ1) is 14.4. The molecule has 0 spiro atoms. The van der Waals surface area contributed by atoms with Crippen LogP contribution in [0.3, 0.4) is 0 Å². The van der Waals surface area contributed by atoms with E-state index in [1.807, 2.05) is 67.3 Å². The van der Waals surface area contributed by atoms with Crippen LogP contribution >= 0.6 is 0 Å². The smallest absolute Gasteiger partial charge is 0.185 e. The van der Waals surface area contributed by atoms with Crippen LogP contribution in [-0.2, 0) is 13.6 Å². The van der Waals surface area contributed by atoms with Gasteiger partial charge in [0.05, 0.1) is 6.20 Å². The summed E-state index contributed by atoms with van der Waals surface area (Å²) < 4.78 is 3.62. The summed E-state index contributed by atoms with van der Waals surface area (Å²) in [6, 6.07) is 13.7. The zero-order valence-corrected chi connectivity index (χ0v) is 13.5. The number of fused-ring (bicyclic) bond motifs is 1. The number of benzene rings is 1. The quantitative estimate of drug-likeness (QED) is 0.625. The van der Waals surface area contributed by atoms with E-state index < -0.39 is 0 Å². The van der Waals surface area contributed by atoms with E-state index >= 15 is 0 Å². The molecule has 4 rings (SSSR count). The highest BCUT2D eigenvalue weighted by atomic mass is 15.4. The van der Waals surface area contributed by atoms with E-state index in [-0.39, 0.29) is 0 Å². The molecule has 3 heterocycles. The molecular formula is C17H17N7. The van der Waals surface area contributed by atoms with E-state index in [9.17, 15) is 0 Å². The Labute approximate surface area is 139 Å². The van der Waals surface area contributed by atoms with E-state index in [1.165, 1.54) is 0 Å². The summed E-state index contributed by atoms with van der Waals surface area (Å²) in [5.41, 5.74) is 3.99. The van der Waals surface area contributed by atoms with Gasteiger partial charge < -0.3 is 5.32 Å². The summed E-state index contributed by atoms with van der Waals surface area (Å²) in [7, 11) is 1.94. The average molecular weight is 319 g/mol. The Kier molecular flexibility index (Phi) is 3.45. The van der Waals surface area contributed by atoms with Crippen LogP contribution in [0.1, 0.15) is 11.3 Å². The van der Waals surface area contributed by atoms with Gasteiger partial charge in [-0.05, 0) is 19.1 Å². The topological polar surface area (TPSA) is 72.9 Å². The molecule has 0 aliphatic rings. The van der Waals surface area contributed by atoms with Gasteiger partial charge in [0.15, 0.2) is 11.5 Å². The molecule has 0 bridgehead atoms. The van der Waals surface area contributed by atoms with E-state index in [0.717, 1.165) is 34.1 Å². The molecule has 0 amide bonds. The van der Waals surface area contributed by atoms with Crippen LogP contribution < -0.4 is 5.32 Å². The molecule has 1 aromatic carbocycles. The lowest BCUT2D eigenvalue weighted by molar-refractivity contribution is 0.738. The molecule has 0 fully saturated rings. The maximum atomic E-state index is 4.62. The van der Waals surface area contributed by atoms with Crippen LogP contribution in [0.2, 0.25) is 0 Å². The Morgan fingerprint density at radius 3 is 2.62 bits per heavy atom. The van der Waals surface area contributed by atoms with E-state index in [4.69, 9.17) is 0 Å². The standard InChI is InChI=1S/C17H17N7/c1-12-14(11-19-23(12)2)10-18-15-8-9-16-20-21-17(24(16)22-15)13-6-4-3-5-7-13/h3-9,11H,10H2,1-2H3,(H,18,22). The molecule has 120 valence electrons. The Balaban J connectivity index is 1.64. The van der Waals surface area contributed by atoms with Crippen LogP contribution in [0, 0.1) is 6.92 Å². The SMILES string of the molecule is Cc1c(CNc2ccc3nnc(-c4ccccc4)n3n2)cnn1C. The van der Waals surface area contributed by atoms with Crippen molar-refractivity contribution in [2.75, 3.05) is 5.32 Å². The van der Waals surface area contributed by atoms with Gasteiger partial charge in [0, 0.05) is 30.4 Å². The predicted molar refractivity (Wildman–Crippen MR) is 91.5 cm³/mol. The van der Waals surface area contributed by atoms with Crippen molar-refractivity contribution >= 4 is 11.5 Å². The third-order valence-corrected chi connectivity index (χ3v) is 4.09. The molecule has 0 saturated heterocycles. The maximum Gasteiger partial charge on any atom is 0.185 e. The van der Waals surface area contributed by atoms with Gasteiger partial charge in [0.1, 0.15) is 5.82 Å². The van der Waals surface area contributed by atoms with Gasteiger partial charge in [-0.25, -0.2) is 0 Å². The van der Waals surface area contributed by atoms with Gasteiger partial charge in [-0.1, -0.05) is 30.3 Å². The summed E-state index contributed by atoms with van der Waals surface area (Å²) in [6.45, 7) is 2.72. The van der Waals surface area contributed by atoms with Crippen molar-refractivity contribution in [2.24, 2.45) is 7.05 Å². The highest BCUT2D eigenvalue weighted by Gasteiger charge is 2.10. The van der Waals surface area contributed by atoms with Gasteiger partial charge >= 0.3 is 0 Å². The number of nitrogens with zero attached hydrogens (tertiary/aromatic N) is 6. The van der Waals surface area contributed by atoms with Gasteiger partial charge in [0.25, 0.3) is 0 Å². The largest absolute Gasteiger partial charge is 0.364 e. The number of hydrogen-bond acceptors (Lipinski definition) is 5. The fourth-order valence-electron chi connectivity index (χ4n) is 2.55. The van der Waals surface area contributed by atoms with Crippen LogP contribution in [-0.4, -0.2) is 29.6 Å². The highest BCUT2D eigenvalue weighted by Crippen LogP contribution is 2.18. The molecule has 1 N–H and O–H groups in total. The first-order chi connectivity index (χ1) is 11.7. The van der Waals surface area contributed by atoms with Crippen molar-refractivity contribution in [1.82, 2.24) is 29.6 Å². The predicted octanol–water partition coefficient (Wildman–Crippen LogP) is 2.45. The maximum absolute atomic E-state index is 4.62. The van der Waals surface area contributed by atoms with Crippen molar-refractivity contribution < 1.29 is 0 Å². The zero-order chi connectivity index (χ0) is 16.5. The van der Waals surface area contributed by atoms with Crippen molar-refractivity contribution in [3.63, 3.8) is 0 Å². The second-order valence-electron chi connectivity index (χ2n) is 5.61. The molecule has 0 aliphatic carbocycles. The van der Waals surface area contributed by atoms with Gasteiger partial charge in [-0.3, -0.25) is 4.68 Å².